The number of hydrogen-bond acceptors (Lipinski definition) is 5. The van der Waals surface area contributed by atoms with Gasteiger partial charge in [0.05, 0.1) is 7.11 Å². The highest BCUT2D eigenvalue weighted by Gasteiger charge is 2.13. The third kappa shape index (κ3) is 6.22. The van der Waals surface area contributed by atoms with Gasteiger partial charge >= 0.3 is 0 Å². The Morgan fingerprint density at radius 3 is 2.56 bits per heavy atom. The Balaban J connectivity index is 1.82. The lowest BCUT2D eigenvalue weighted by Gasteiger charge is -2.22. The first-order valence-corrected chi connectivity index (χ1v) is 9.89. The smallest absolute Gasteiger partial charge is 0.242 e. The van der Waals surface area contributed by atoms with Gasteiger partial charge in [0.2, 0.25) is 10.0 Å². The monoisotopic (exact) mass is 391 g/mol. The van der Waals surface area contributed by atoms with Crippen LogP contribution < -0.4 is 14.8 Å². The predicted octanol–water partition coefficient (Wildman–Crippen LogP) is 1.08. The lowest BCUT2D eigenvalue weighted by Crippen LogP contribution is -2.42. The summed E-state index contributed by atoms with van der Waals surface area (Å²) in [6.45, 7) is 1.29. The van der Waals surface area contributed by atoms with Gasteiger partial charge in [0.25, 0.3) is 0 Å². The van der Waals surface area contributed by atoms with E-state index in [1.807, 2.05) is 36.2 Å². The highest BCUT2D eigenvalue weighted by atomic mass is 32.2. The van der Waals surface area contributed by atoms with E-state index in [-0.39, 0.29) is 11.4 Å². The number of methoxy groups -OCH3 is 1. The topological polar surface area (TPSA) is 95.9 Å². The van der Waals surface area contributed by atoms with Gasteiger partial charge in [0.1, 0.15) is 10.6 Å². The molecule has 0 bridgehead atoms. The van der Waals surface area contributed by atoms with Crippen LogP contribution in [0.15, 0.2) is 58.7 Å². The molecule has 146 valence electrons. The second-order valence-electron chi connectivity index (χ2n) is 5.76. The number of aromatic nitrogens is 1. The number of nitrogens with one attached hydrogen (secondary N) is 2. The van der Waals surface area contributed by atoms with Gasteiger partial charge in [-0.1, -0.05) is 12.1 Å². The van der Waals surface area contributed by atoms with Gasteiger partial charge in [-0.15, -0.1) is 0 Å². The molecular formula is C18H25N5O3S. The molecule has 0 saturated carbocycles. The number of hydrogen-bond donors (Lipinski definition) is 2. The number of guanidine groups is 1. The van der Waals surface area contributed by atoms with E-state index >= 15 is 0 Å². The van der Waals surface area contributed by atoms with Crippen LogP contribution in [0.1, 0.15) is 5.56 Å². The quantitative estimate of drug-likeness (QED) is 0.397. The molecule has 1 aromatic heterocycles. The first-order valence-electron chi connectivity index (χ1n) is 8.40. The molecule has 0 aliphatic rings. The first kappa shape index (κ1) is 20.7. The molecule has 0 saturated heterocycles. The Hall–Kier alpha value is -2.65. The maximum Gasteiger partial charge on any atom is 0.242 e. The van der Waals surface area contributed by atoms with E-state index in [0.29, 0.717) is 19.0 Å². The van der Waals surface area contributed by atoms with Gasteiger partial charge in [0, 0.05) is 46.1 Å². The SMILES string of the molecule is CN=C(NCCNS(=O)(=O)c1cccnc1)N(C)Cc1ccc(OC)cc1. The zero-order valence-corrected chi connectivity index (χ0v) is 16.5. The van der Waals surface area contributed by atoms with E-state index in [4.69, 9.17) is 4.74 Å². The fraction of sp³-hybridized carbons (Fsp3) is 0.333. The number of pyridine rings is 1. The number of sulfonamides is 1. The molecule has 0 fully saturated rings. The van der Waals surface area contributed by atoms with E-state index in [0.717, 1.165) is 11.3 Å². The van der Waals surface area contributed by atoms with Crippen molar-refractivity contribution in [3.05, 3.63) is 54.4 Å². The Labute approximate surface area is 160 Å². The lowest BCUT2D eigenvalue weighted by atomic mass is 10.2. The van der Waals surface area contributed by atoms with E-state index in [9.17, 15) is 8.42 Å². The summed E-state index contributed by atoms with van der Waals surface area (Å²) < 4.78 is 32.0. The van der Waals surface area contributed by atoms with Crippen LogP contribution in [0.2, 0.25) is 0 Å². The van der Waals surface area contributed by atoms with Crippen molar-refractivity contribution >= 4 is 16.0 Å². The van der Waals surface area contributed by atoms with Gasteiger partial charge < -0.3 is 15.0 Å². The largest absolute Gasteiger partial charge is 0.497 e. The van der Waals surface area contributed by atoms with Crippen LogP contribution in [-0.2, 0) is 16.6 Å². The van der Waals surface area contributed by atoms with Crippen LogP contribution in [0.5, 0.6) is 5.75 Å². The molecule has 0 aliphatic carbocycles. The maximum atomic E-state index is 12.1. The van der Waals surface area contributed by atoms with Gasteiger partial charge in [-0.3, -0.25) is 9.98 Å². The van der Waals surface area contributed by atoms with Crippen molar-refractivity contribution in [2.45, 2.75) is 11.4 Å². The van der Waals surface area contributed by atoms with Crippen LogP contribution in [-0.4, -0.2) is 58.6 Å². The van der Waals surface area contributed by atoms with E-state index in [1.54, 1.807) is 20.2 Å². The minimum absolute atomic E-state index is 0.144. The summed E-state index contributed by atoms with van der Waals surface area (Å²) in [7, 11) is 1.68. The molecule has 0 spiro atoms. The van der Waals surface area contributed by atoms with Crippen LogP contribution in [0.4, 0.5) is 0 Å². The fourth-order valence-corrected chi connectivity index (χ4v) is 3.41. The van der Waals surface area contributed by atoms with Crippen molar-refractivity contribution in [1.29, 1.82) is 0 Å². The number of nitrogens with zero attached hydrogens (tertiary/aromatic N) is 3. The Morgan fingerprint density at radius 1 is 1.22 bits per heavy atom. The zero-order valence-electron chi connectivity index (χ0n) is 15.7. The minimum atomic E-state index is -3.56. The molecular weight excluding hydrogens is 366 g/mol. The summed E-state index contributed by atoms with van der Waals surface area (Å²) in [5.74, 6) is 1.48. The Kier molecular flexibility index (Phi) is 7.56. The Bertz CT molecular complexity index is 839. The standard InChI is InChI=1S/C18H25N5O3S/c1-19-18(23(2)14-15-6-8-16(26-3)9-7-15)21-11-12-22-27(24,25)17-5-4-10-20-13-17/h4-10,13,22H,11-12,14H2,1-3H3,(H,19,21). The average molecular weight is 391 g/mol. The van der Waals surface area contributed by atoms with Crippen molar-refractivity contribution in [2.75, 3.05) is 34.3 Å². The second kappa shape index (κ2) is 9.89. The molecule has 0 aliphatic heterocycles. The van der Waals surface area contributed by atoms with E-state index < -0.39 is 10.0 Å². The third-order valence-corrected chi connectivity index (χ3v) is 5.24. The fourth-order valence-electron chi connectivity index (χ4n) is 2.41. The molecule has 0 unspecified atom stereocenters. The molecule has 1 heterocycles. The summed E-state index contributed by atoms with van der Waals surface area (Å²) >= 11 is 0. The van der Waals surface area contributed by atoms with Crippen molar-refractivity contribution < 1.29 is 13.2 Å². The van der Waals surface area contributed by atoms with Crippen molar-refractivity contribution in [3.8, 4) is 5.75 Å². The highest BCUT2D eigenvalue weighted by molar-refractivity contribution is 7.89. The van der Waals surface area contributed by atoms with E-state index in [2.05, 4.69) is 20.0 Å². The molecule has 0 amide bonds. The van der Waals surface area contributed by atoms with Crippen LogP contribution in [0, 0.1) is 0 Å². The predicted molar refractivity (Wildman–Crippen MR) is 105 cm³/mol. The van der Waals surface area contributed by atoms with E-state index in [1.165, 1.54) is 18.5 Å². The molecule has 0 atom stereocenters. The summed E-state index contributed by atoms with van der Waals surface area (Å²) in [5, 5.41) is 3.14. The summed E-state index contributed by atoms with van der Waals surface area (Å²) in [4.78, 5) is 10.2. The normalized spacial score (nSPS) is 11.9. The number of benzene rings is 1. The highest BCUT2D eigenvalue weighted by Crippen LogP contribution is 2.12. The molecule has 1 aromatic carbocycles. The second-order valence-corrected chi connectivity index (χ2v) is 7.53. The van der Waals surface area contributed by atoms with Gasteiger partial charge in [0.15, 0.2) is 5.96 Å². The Morgan fingerprint density at radius 2 is 1.96 bits per heavy atom. The maximum absolute atomic E-state index is 12.1. The molecule has 2 rings (SSSR count). The van der Waals surface area contributed by atoms with Crippen molar-refractivity contribution in [3.63, 3.8) is 0 Å². The number of rotatable bonds is 8. The number of aliphatic imine (C=N–C) groups is 1. The molecule has 2 N–H and O–H groups in total. The summed E-state index contributed by atoms with van der Waals surface area (Å²) in [5.41, 5.74) is 1.11. The van der Waals surface area contributed by atoms with Gasteiger partial charge in [-0.05, 0) is 29.8 Å². The third-order valence-electron chi connectivity index (χ3n) is 3.80. The van der Waals surface area contributed by atoms with Crippen LogP contribution in [0.3, 0.4) is 0 Å². The van der Waals surface area contributed by atoms with Crippen LogP contribution >= 0.6 is 0 Å². The van der Waals surface area contributed by atoms with Crippen LogP contribution in [0.25, 0.3) is 0 Å². The van der Waals surface area contributed by atoms with Crippen molar-refractivity contribution in [2.24, 2.45) is 4.99 Å². The molecule has 27 heavy (non-hydrogen) atoms. The number of ether oxygens (including phenoxy) is 1. The molecule has 8 nitrogen and oxygen atoms in total. The lowest BCUT2D eigenvalue weighted by molar-refractivity contribution is 0.414. The van der Waals surface area contributed by atoms with Crippen molar-refractivity contribution in [1.82, 2.24) is 19.9 Å². The minimum Gasteiger partial charge on any atom is -0.497 e. The molecule has 2 aromatic rings. The first-order chi connectivity index (χ1) is 13.0. The molecule has 0 radical (unpaired) electrons. The summed E-state index contributed by atoms with van der Waals surface area (Å²) in [6.07, 6.45) is 2.85. The van der Waals surface area contributed by atoms with Gasteiger partial charge in [-0.25, -0.2) is 13.1 Å². The van der Waals surface area contributed by atoms with Gasteiger partial charge in [-0.2, -0.15) is 0 Å². The molecule has 9 heteroatoms. The average Bonchev–Trinajstić information content (AvgIpc) is 2.69. The summed E-state index contributed by atoms with van der Waals surface area (Å²) in [6, 6.07) is 10.9. The zero-order chi connectivity index (χ0) is 19.7.